The number of aliphatic imine (C=N–C) groups is 1. The molecule has 2 aliphatic rings. The third kappa shape index (κ3) is 5.82. The van der Waals surface area contributed by atoms with Gasteiger partial charge in [-0.1, -0.05) is 26.2 Å². The van der Waals surface area contributed by atoms with Gasteiger partial charge in [0, 0.05) is 19.6 Å². The molecule has 0 N–H and O–H groups in total. The average Bonchev–Trinajstić information content (AvgIpc) is 2.94. The second-order valence-corrected chi connectivity index (χ2v) is 7.95. The summed E-state index contributed by atoms with van der Waals surface area (Å²) in [4.78, 5) is 7.04. The zero-order chi connectivity index (χ0) is 14.4. The summed E-state index contributed by atoms with van der Waals surface area (Å²) in [6.45, 7) is 5.80. The number of hydrogen-bond acceptors (Lipinski definition) is 6. The van der Waals surface area contributed by atoms with Crippen LogP contribution in [0.25, 0.3) is 0 Å². The van der Waals surface area contributed by atoms with Crippen molar-refractivity contribution in [2.75, 3.05) is 33.7 Å². The summed E-state index contributed by atoms with van der Waals surface area (Å²) in [5.74, 6) is 0. The maximum Gasteiger partial charge on any atom is 0.187 e. The molecular formula is C14H29ClN4S2. The molecule has 0 aliphatic carbocycles. The van der Waals surface area contributed by atoms with Crippen LogP contribution in [0, 0.1) is 0 Å². The van der Waals surface area contributed by atoms with E-state index < -0.39 is 0 Å². The molecule has 1 unspecified atom stereocenters. The molecule has 0 spiro atoms. The third-order valence-electron chi connectivity index (χ3n) is 3.74. The van der Waals surface area contributed by atoms with Gasteiger partial charge in [-0.25, -0.2) is 10.0 Å². The molecule has 0 radical (unpaired) electrons. The standard InChI is InChI=1S/C14H28N4S2.ClH/c1-4-5-6-7-10-17-11-8-9-12-18(17)14-15-13(16(2)3)19-20-14;/h13H,4-12H2,1-3H3;1H. The lowest BCUT2D eigenvalue weighted by Crippen LogP contribution is -2.49. The van der Waals surface area contributed by atoms with Crippen LogP contribution in [0.2, 0.25) is 0 Å². The van der Waals surface area contributed by atoms with Crippen molar-refractivity contribution in [2.24, 2.45) is 4.99 Å². The first kappa shape index (κ1) is 19.4. The second kappa shape index (κ2) is 10.2. The predicted molar refractivity (Wildman–Crippen MR) is 99.0 cm³/mol. The Morgan fingerprint density at radius 2 is 1.95 bits per heavy atom. The Morgan fingerprint density at radius 1 is 1.19 bits per heavy atom. The van der Waals surface area contributed by atoms with Crippen LogP contribution in [0.1, 0.15) is 45.4 Å². The number of amidine groups is 1. The highest BCUT2D eigenvalue weighted by Gasteiger charge is 2.29. The lowest BCUT2D eigenvalue weighted by atomic mass is 10.2. The summed E-state index contributed by atoms with van der Waals surface area (Å²) in [5, 5.41) is 6.18. The molecule has 0 aromatic heterocycles. The average molecular weight is 353 g/mol. The Hall–Kier alpha value is 0.380. The van der Waals surface area contributed by atoms with Crippen molar-refractivity contribution in [3.8, 4) is 0 Å². The van der Waals surface area contributed by atoms with E-state index in [0.29, 0.717) is 0 Å². The normalized spacial score (nSPS) is 23.3. The van der Waals surface area contributed by atoms with Crippen molar-refractivity contribution in [1.82, 2.24) is 14.9 Å². The molecule has 1 atom stereocenters. The Kier molecular flexibility index (Phi) is 9.45. The Labute approximate surface area is 143 Å². The van der Waals surface area contributed by atoms with E-state index in [1.54, 1.807) is 0 Å². The van der Waals surface area contributed by atoms with E-state index in [4.69, 9.17) is 4.99 Å². The van der Waals surface area contributed by atoms with E-state index >= 15 is 0 Å². The number of halogens is 1. The number of hydrogen-bond donors (Lipinski definition) is 0. The van der Waals surface area contributed by atoms with Crippen LogP contribution >= 0.6 is 34.0 Å². The smallest absolute Gasteiger partial charge is 0.187 e. The minimum atomic E-state index is 0. The van der Waals surface area contributed by atoms with Crippen LogP contribution in [0.3, 0.4) is 0 Å². The molecule has 1 saturated heterocycles. The van der Waals surface area contributed by atoms with Gasteiger partial charge in [-0.3, -0.25) is 9.91 Å². The maximum absolute atomic E-state index is 4.86. The summed E-state index contributed by atoms with van der Waals surface area (Å²) in [6, 6.07) is 0. The highest BCUT2D eigenvalue weighted by molar-refractivity contribution is 8.82. The zero-order valence-corrected chi connectivity index (χ0v) is 15.9. The van der Waals surface area contributed by atoms with Crippen LogP contribution in [-0.2, 0) is 0 Å². The van der Waals surface area contributed by atoms with Crippen molar-refractivity contribution < 1.29 is 0 Å². The highest BCUT2D eigenvalue weighted by atomic mass is 35.5. The molecule has 124 valence electrons. The lowest BCUT2D eigenvalue weighted by Gasteiger charge is -2.39. The molecule has 2 rings (SSSR count). The molecule has 1 fully saturated rings. The van der Waals surface area contributed by atoms with E-state index in [9.17, 15) is 0 Å². The first-order valence-electron chi connectivity index (χ1n) is 7.82. The summed E-state index contributed by atoms with van der Waals surface area (Å²) < 4.78 is 0. The largest absolute Gasteiger partial charge is 0.284 e. The van der Waals surface area contributed by atoms with Crippen LogP contribution in [0.5, 0.6) is 0 Å². The number of unbranched alkanes of at least 4 members (excludes halogenated alkanes) is 3. The summed E-state index contributed by atoms with van der Waals surface area (Å²) in [6.07, 6.45) is 7.96. The van der Waals surface area contributed by atoms with E-state index in [2.05, 4.69) is 35.9 Å². The zero-order valence-electron chi connectivity index (χ0n) is 13.5. The van der Waals surface area contributed by atoms with Crippen molar-refractivity contribution in [1.29, 1.82) is 0 Å². The molecule has 7 heteroatoms. The molecule has 0 aromatic carbocycles. The molecular weight excluding hydrogens is 324 g/mol. The third-order valence-corrected chi connectivity index (χ3v) is 6.25. The molecule has 21 heavy (non-hydrogen) atoms. The van der Waals surface area contributed by atoms with Crippen molar-refractivity contribution in [2.45, 2.75) is 50.9 Å². The molecule has 0 bridgehead atoms. The van der Waals surface area contributed by atoms with Gasteiger partial charge in [-0.05, 0) is 54.9 Å². The molecule has 0 amide bonds. The lowest BCUT2D eigenvalue weighted by molar-refractivity contribution is 0.0168. The number of rotatable bonds is 6. The van der Waals surface area contributed by atoms with Gasteiger partial charge in [-0.2, -0.15) is 0 Å². The minimum Gasteiger partial charge on any atom is -0.284 e. The van der Waals surface area contributed by atoms with Gasteiger partial charge in [0.15, 0.2) is 10.7 Å². The molecule has 0 aromatic rings. The number of nitrogens with zero attached hydrogens (tertiary/aromatic N) is 4. The van der Waals surface area contributed by atoms with Gasteiger partial charge in [0.2, 0.25) is 0 Å². The fraction of sp³-hybridized carbons (Fsp3) is 0.929. The summed E-state index contributed by atoms with van der Waals surface area (Å²) in [7, 11) is 7.90. The highest BCUT2D eigenvalue weighted by Crippen LogP contribution is 2.39. The van der Waals surface area contributed by atoms with Gasteiger partial charge in [0.25, 0.3) is 0 Å². The number of hydrazine groups is 1. The first-order chi connectivity index (χ1) is 9.72. The van der Waals surface area contributed by atoms with Crippen LogP contribution < -0.4 is 0 Å². The minimum absolute atomic E-state index is 0. The van der Waals surface area contributed by atoms with E-state index in [1.807, 2.05) is 21.6 Å². The van der Waals surface area contributed by atoms with Gasteiger partial charge < -0.3 is 0 Å². The fourth-order valence-electron chi connectivity index (χ4n) is 2.52. The maximum atomic E-state index is 4.86. The molecule has 0 saturated carbocycles. The van der Waals surface area contributed by atoms with Crippen molar-refractivity contribution in [3.05, 3.63) is 0 Å². The van der Waals surface area contributed by atoms with Gasteiger partial charge in [-0.15, -0.1) is 12.4 Å². The quantitative estimate of drug-likeness (QED) is 0.532. The Balaban J connectivity index is 0.00000220. The summed E-state index contributed by atoms with van der Waals surface area (Å²) >= 11 is 0. The SMILES string of the molecule is CCCCCCN1CCCCN1C1=NC(N(C)C)SS1.Cl. The van der Waals surface area contributed by atoms with E-state index in [1.165, 1.54) is 56.8 Å². The van der Waals surface area contributed by atoms with E-state index in [0.717, 1.165) is 6.54 Å². The fourth-order valence-corrected chi connectivity index (χ4v) is 5.06. The van der Waals surface area contributed by atoms with E-state index in [-0.39, 0.29) is 17.9 Å². The van der Waals surface area contributed by atoms with Crippen molar-refractivity contribution in [3.63, 3.8) is 0 Å². The van der Waals surface area contributed by atoms with Crippen LogP contribution in [0.15, 0.2) is 4.99 Å². The summed E-state index contributed by atoms with van der Waals surface area (Å²) in [5.41, 5.74) is 0.277. The molecule has 2 aliphatic heterocycles. The van der Waals surface area contributed by atoms with Crippen LogP contribution in [-0.4, -0.2) is 59.3 Å². The molecule has 4 nitrogen and oxygen atoms in total. The topological polar surface area (TPSA) is 22.1 Å². The predicted octanol–water partition coefficient (Wildman–Crippen LogP) is 3.90. The molecule has 2 heterocycles. The van der Waals surface area contributed by atoms with Crippen LogP contribution in [0.4, 0.5) is 0 Å². The second-order valence-electron chi connectivity index (χ2n) is 5.73. The Morgan fingerprint density at radius 3 is 2.62 bits per heavy atom. The first-order valence-corrected chi connectivity index (χ1v) is 10.0. The Bertz CT molecular complexity index is 328. The van der Waals surface area contributed by atoms with Gasteiger partial charge in [0.1, 0.15) is 0 Å². The van der Waals surface area contributed by atoms with Gasteiger partial charge >= 0.3 is 0 Å². The van der Waals surface area contributed by atoms with Crippen molar-refractivity contribution >= 4 is 39.2 Å². The van der Waals surface area contributed by atoms with Gasteiger partial charge in [0.05, 0.1) is 0 Å². The monoisotopic (exact) mass is 352 g/mol.